The zero-order valence-electron chi connectivity index (χ0n) is 20.3. The van der Waals surface area contributed by atoms with Gasteiger partial charge in [-0.15, -0.1) is 0 Å². The van der Waals surface area contributed by atoms with Gasteiger partial charge in [-0.3, -0.25) is 0 Å². The number of hydrogen-bond acceptors (Lipinski definition) is 5. The van der Waals surface area contributed by atoms with Crippen LogP contribution in [0.2, 0.25) is 0 Å². The van der Waals surface area contributed by atoms with Gasteiger partial charge in [0.15, 0.2) is 18.3 Å². The zero-order valence-corrected chi connectivity index (χ0v) is 20.3. The summed E-state index contributed by atoms with van der Waals surface area (Å²) in [7, 11) is 0. The topological polar surface area (TPSA) is 74.2 Å². The molecule has 1 aliphatic carbocycles. The molecule has 2 atom stereocenters. The number of carboxylic acids is 1. The lowest BCUT2D eigenvalue weighted by atomic mass is 9.94. The Hall–Kier alpha value is -3.43. The fourth-order valence-electron chi connectivity index (χ4n) is 3.16. The summed E-state index contributed by atoms with van der Waals surface area (Å²) in [5.74, 6) is 4.25. The highest BCUT2D eigenvalue weighted by Gasteiger charge is 2.37. The van der Waals surface area contributed by atoms with Gasteiger partial charge in [-0.2, -0.15) is 26.3 Å². The van der Waals surface area contributed by atoms with E-state index in [1.807, 2.05) is 0 Å². The first-order valence-electron chi connectivity index (χ1n) is 11.3. The van der Waals surface area contributed by atoms with Crippen molar-refractivity contribution in [3.63, 3.8) is 0 Å². The van der Waals surface area contributed by atoms with Crippen LogP contribution in [-0.4, -0.2) is 61.6 Å². The fraction of sp³-hybridized carbons (Fsp3) is 0.423. The third-order valence-electron chi connectivity index (χ3n) is 4.82. The van der Waals surface area contributed by atoms with E-state index >= 15 is 0 Å². The highest BCUT2D eigenvalue weighted by atomic mass is 19.4. The molecule has 0 radical (unpaired) electrons. The molecule has 0 heterocycles. The van der Waals surface area contributed by atoms with Gasteiger partial charge < -0.3 is 24.1 Å². The highest BCUT2D eigenvalue weighted by molar-refractivity contribution is 5.72. The van der Waals surface area contributed by atoms with E-state index in [-0.39, 0.29) is 25.4 Å². The van der Waals surface area contributed by atoms with Crippen molar-refractivity contribution in [1.82, 2.24) is 0 Å². The van der Waals surface area contributed by atoms with Crippen LogP contribution < -0.4 is 4.74 Å². The number of benzene rings is 1. The Bertz CT molecular complexity index is 1060. The van der Waals surface area contributed by atoms with Crippen molar-refractivity contribution in [2.75, 3.05) is 26.4 Å². The molecule has 0 saturated heterocycles. The molecule has 2 rings (SSSR count). The van der Waals surface area contributed by atoms with Crippen molar-refractivity contribution in [3.05, 3.63) is 66.0 Å². The van der Waals surface area contributed by atoms with Crippen LogP contribution in [-0.2, 0) is 25.4 Å². The summed E-state index contributed by atoms with van der Waals surface area (Å²) in [5, 5.41) is 9.16. The molecule has 1 aliphatic rings. The van der Waals surface area contributed by atoms with Gasteiger partial charge in [0.05, 0.1) is 0 Å². The van der Waals surface area contributed by atoms with Crippen molar-refractivity contribution < 1.29 is 55.2 Å². The smallest absolute Gasteiger partial charge is 0.422 e. The Kier molecular flexibility index (Phi) is 11.3. The second kappa shape index (κ2) is 13.9. The number of carbonyl (C=O) groups is 1. The minimum atomic E-state index is -4.67. The Labute approximate surface area is 215 Å². The standard InChI is InChI=1S/C26H26F6O6/c1-2-35-22(23(33)34)15-19-8-10-20(11-9-19)36-14-5-3-4-12-24(38-18-26(30,31)32)13-6-7-21(16-24)37-17-25(27,28)29/h3,5-11,13,22H,2,14-18H2,1H3,(H,33,34)/b5-3+/t22-,24?/m0/s1. The molecule has 0 amide bonds. The van der Waals surface area contributed by atoms with Gasteiger partial charge >= 0.3 is 18.3 Å². The van der Waals surface area contributed by atoms with Crippen molar-refractivity contribution in [2.24, 2.45) is 0 Å². The van der Waals surface area contributed by atoms with Crippen molar-refractivity contribution >= 4 is 5.97 Å². The van der Waals surface area contributed by atoms with Gasteiger partial charge in [-0.25, -0.2) is 4.79 Å². The van der Waals surface area contributed by atoms with Gasteiger partial charge in [0.2, 0.25) is 0 Å². The molecule has 1 unspecified atom stereocenters. The lowest BCUT2D eigenvalue weighted by Gasteiger charge is -2.29. The summed E-state index contributed by atoms with van der Waals surface area (Å²) in [6, 6.07) is 6.66. The van der Waals surface area contributed by atoms with E-state index in [2.05, 4.69) is 16.6 Å². The molecule has 1 aromatic rings. The first kappa shape index (κ1) is 30.8. The third-order valence-corrected chi connectivity index (χ3v) is 4.82. The van der Waals surface area contributed by atoms with Crippen LogP contribution in [0, 0.1) is 11.8 Å². The monoisotopic (exact) mass is 548 g/mol. The molecule has 38 heavy (non-hydrogen) atoms. The van der Waals surface area contributed by atoms with Crippen molar-refractivity contribution in [3.8, 4) is 17.6 Å². The maximum Gasteiger partial charge on any atom is 0.422 e. The Morgan fingerprint density at radius 2 is 1.79 bits per heavy atom. The van der Waals surface area contributed by atoms with E-state index in [4.69, 9.17) is 19.3 Å². The zero-order chi connectivity index (χ0) is 28.2. The molecule has 0 aliphatic heterocycles. The number of allylic oxidation sites excluding steroid dienone is 3. The van der Waals surface area contributed by atoms with E-state index in [0.29, 0.717) is 5.75 Å². The number of ether oxygens (including phenoxy) is 4. The van der Waals surface area contributed by atoms with Crippen LogP contribution in [0.4, 0.5) is 26.3 Å². The van der Waals surface area contributed by atoms with E-state index in [0.717, 1.165) is 5.56 Å². The molecule has 0 spiro atoms. The molecule has 12 heteroatoms. The van der Waals surface area contributed by atoms with Crippen LogP contribution in [0.15, 0.2) is 60.4 Å². The van der Waals surface area contributed by atoms with E-state index < -0.39 is 49.7 Å². The number of rotatable bonds is 12. The Morgan fingerprint density at radius 1 is 1.11 bits per heavy atom. The first-order chi connectivity index (χ1) is 17.8. The maximum atomic E-state index is 12.7. The molecular formula is C26H26F6O6. The predicted molar refractivity (Wildman–Crippen MR) is 124 cm³/mol. The summed E-state index contributed by atoms with van der Waals surface area (Å²) in [6.07, 6.45) is -4.05. The molecule has 1 aromatic carbocycles. The molecule has 208 valence electrons. The quantitative estimate of drug-likeness (QED) is 0.279. The SMILES string of the molecule is CCO[C@@H](Cc1ccc(OC/C=C/C#CC2(OCC(F)(F)F)C=CC=C(OCC(F)(F)F)C2)cc1)C(=O)O. The van der Waals surface area contributed by atoms with Gasteiger partial charge in [0, 0.05) is 19.4 Å². The number of carboxylic acid groups (broad SMARTS) is 1. The molecular weight excluding hydrogens is 522 g/mol. The summed E-state index contributed by atoms with van der Waals surface area (Å²) < 4.78 is 95.9. The predicted octanol–water partition coefficient (Wildman–Crippen LogP) is 5.40. The third kappa shape index (κ3) is 11.7. The van der Waals surface area contributed by atoms with Crippen LogP contribution in [0.3, 0.4) is 0 Å². The maximum absolute atomic E-state index is 12.7. The van der Waals surface area contributed by atoms with Crippen LogP contribution in [0.5, 0.6) is 5.75 Å². The lowest BCUT2D eigenvalue weighted by molar-refractivity contribution is -0.191. The average Bonchev–Trinajstić information content (AvgIpc) is 2.84. The molecule has 0 fully saturated rings. The van der Waals surface area contributed by atoms with Gasteiger partial charge in [0.1, 0.15) is 24.7 Å². The highest BCUT2D eigenvalue weighted by Crippen LogP contribution is 2.31. The normalized spacial score (nSPS) is 18.4. The minimum absolute atomic E-state index is 0.0524. The largest absolute Gasteiger partial charge is 0.490 e. The first-order valence-corrected chi connectivity index (χ1v) is 11.3. The lowest BCUT2D eigenvalue weighted by Crippen LogP contribution is -2.35. The number of aliphatic carboxylic acids is 1. The number of hydrogen-bond donors (Lipinski definition) is 1. The molecule has 1 N–H and O–H groups in total. The average molecular weight is 548 g/mol. The molecule has 0 saturated carbocycles. The molecule has 0 aromatic heterocycles. The van der Waals surface area contributed by atoms with E-state index in [1.165, 1.54) is 30.4 Å². The van der Waals surface area contributed by atoms with Crippen molar-refractivity contribution in [1.29, 1.82) is 0 Å². The minimum Gasteiger partial charge on any atom is -0.490 e. The number of halogens is 6. The number of alkyl halides is 6. The van der Waals surface area contributed by atoms with Crippen LogP contribution >= 0.6 is 0 Å². The Balaban J connectivity index is 1.97. The van der Waals surface area contributed by atoms with E-state index in [1.54, 1.807) is 31.2 Å². The van der Waals surface area contributed by atoms with Crippen LogP contribution in [0.1, 0.15) is 18.9 Å². The second-order valence-electron chi connectivity index (χ2n) is 7.98. The van der Waals surface area contributed by atoms with Gasteiger partial charge in [-0.05, 0) is 48.9 Å². The van der Waals surface area contributed by atoms with E-state index in [9.17, 15) is 31.1 Å². The van der Waals surface area contributed by atoms with Gasteiger partial charge in [0.25, 0.3) is 0 Å². The summed E-state index contributed by atoms with van der Waals surface area (Å²) in [6.45, 7) is -1.23. The summed E-state index contributed by atoms with van der Waals surface area (Å²) in [5.41, 5.74) is -1.10. The molecule has 6 nitrogen and oxygen atoms in total. The fourth-order valence-corrected chi connectivity index (χ4v) is 3.16. The second-order valence-corrected chi connectivity index (χ2v) is 7.98. The summed E-state index contributed by atoms with van der Waals surface area (Å²) in [4.78, 5) is 11.2. The van der Waals surface area contributed by atoms with Gasteiger partial charge in [-0.1, -0.05) is 30.0 Å². The summed E-state index contributed by atoms with van der Waals surface area (Å²) >= 11 is 0. The van der Waals surface area contributed by atoms with Crippen LogP contribution in [0.25, 0.3) is 0 Å². The van der Waals surface area contributed by atoms with Crippen molar-refractivity contribution in [2.45, 2.75) is 43.8 Å². The Morgan fingerprint density at radius 3 is 2.39 bits per heavy atom. The molecule has 0 bridgehead atoms.